The van der Waals surface area contributed by atoms with Gasteiger partial charge in [-0.2, -0.15) is 0 Å². The van der Waals surface area contributed by atoms with E-state index in [1.165, 1.54) is 4.90 Å². The molecular formula is C18H21NO5. The summed E-state index contributed by atoms with van der Waals surface area (Å²) in [5.41, 5.74) is -1.02. The minimum Gasteiger partial charge on any atom is -0.481 e. The van der Waals surface area contributed by atoms with E-state index in [4.69, 9.17) is 0 Å². The lowest BCUT2D eigenvalue weighted by molar-refractivity contribution is -0.151. The molecule has 0 aromatic heterocycles. The number of likely N-dealkylation sites (tertiary alicyclic amines) is 1. The predicted molar refractivity (Wildman–Crippen MR) is 85.7 cm³/mol. The number of nitrogens with zero attached hydrogens (tertiary/aromatic N) is 1. The second kappa shape index (κ2) is 5.61. The Labute approximate surface area is 140 Å². The van der Waals surface area contributed by atoms with Gasteiger partial charge in [-0.1, -0.05) is 25.5 Å². The molecule has 1 aromatic carbocycles. The van der Waals surface area contributed by atoms with Gasteiger partial charge < -0.3 is 15.1 Å². The van der Waals surface area contributed by atoms with Gasteiger partial charge in [0.2, 0.25) is 0 Å². The van der Waals surface area contributed by atoms with E-state index in [0.717, 1.165) is 24.8 Å². The number of carboxylic acids is 2. The fraction of sp³-hybridized carbons (Fsp3) is 0.500. The van der Waals surface area contributed by atoms with Gasteiger partial charge in [0.05, 0.1) is 0 Å². The number of carbonyl (C=O) groups excluding carboxylic acids is 1. The lowest BCUT2D eigenvalue weighted by Gasteiger charge is -2.20. The smallest absolute Gasteiger partial charge is 0.312 e. The SMILES string of the molecule is CCCCc1ccc(C(=O)N2C[C@@]3(C(=O)O)C[C@@]3(C(=O)O)C2)cc1. The molecule has 6 nitrogen and oxygen atoms in total. The summed E-state index contributed by atoms with van der Waals surface area (Å²) in [6.07, 6.45) is 3.24. The summed E-state index contributed by atoms with van der Waals surface area (Å²) < 4.78 is 0. The quantitative estimate of drug-likeness (QED) is 0.831. The number of piperidine rings is 1. The summed E-state index contributed by atoms with van der Waals surface area (Å²) in [5.74, 6) is -2.56. The van der Waals surface area contributed by atoms with E-state index in [1.807, 2.05) is 12.1 Å². The number of carboxylic acid groups (broad SMARTS) is 2. The first-order valence-corrected chi connectivity index (χ1v) is 8.21. The molecule has 3 rings (SSSR count). The van der Waals surface area contributed by atoms with Crippen molar-refractivity contribution in [1.29, 1.82) is 0 Å². The Balaban J connectivity index is 1.75. The number of hydrogen-bond acceptors (Lipinski definition) is 3. The van der Waals surface area contributed by atoms with E-state index in [-0.39, 0.29) is 25.4 Å². The normalized spacial score (nSPS) is 27.6. The van der Waals surface area contributed by atoms with Crippen LogP contribution in [0.1, 0.15) is 42.1 Å². The maximum atomic E-state index is 12.6. The molecule has 6 heteroatoms. The van der Waals surface area contributed by atoms with E-state index in [9.17, 15) is 24.6 Å². The molecular weight excluding hydrogens is 310 g/mol. The maximum Gasteiger partial charge on any atom is 0.312 e. The zero-order chi connectivity index (χ0) is 17.5. The van der Waals surface area contributed by atoms with Crippen LogP contribution in [0.15, 0.2) is 24.3 Å². The van der Waals surface area contributed by atoms with Gasteiger partial charge in [-0.25, -0.2) is 0 Å². The summed E-state index contributed by atoms with van der Waals surface area (Å²) >= 11 is 0. The van der Waals surface area contributed by atoms with Gasteiger partial charge >= 0.3 is 11.9 Å². The van der Waals surface area contributed by atoms with Crippen LogP contribution >= 0.6 is 0 Å². The van der Waals surface area contributed by atoms with E-state index in [1.54, 1.807) is 12.1 Å². The highest BCUT2D eigenvalue weighted by Crippen LogP contribution is 2.68. The van der Waals surface area contributed by atoms with Gasteiger partial charge in [0.1, 0.15) is 10.8 Å². The van der Waals surface area contributed by atoms with Crippen LogP contribution in [-0.2, 0) is 16.0 Å². The van der Waals surface area contributed by atoms with Crippen molar-refractivity contribution in [2.24, 2.45) is 10.8 Å². The van der Waals surface area contributed by atoms with Crippen molar-refractivity contribution in [3.63, 3.8) is 0 Å². The first-order chi connectivity index (χ1) is 11.4. The largest absolute Gasteiger partial charge is 0.481 e. The van der Waals surface area contributed by atoms with Crippen LogP contribution in [0.3, 0.4) is 0 Å². The zero-order valence-electron chi connectivity index (χ0n) is 13.6. The first kappa shape index (κ1) is 16.5. The molecule has 1 aliphatic heterocycles. The van der Waals surface area contributed by atoms with E-state index >= 15 is 0 Å². The van der Waals surface area contributed by atoms with Gasteiger partial charge in [-0.05, 0) is 37.0 Å². The van der Waals surface area contributed by atoms with Crippen LogP contribution in [0, 0.1) is 10.8 Å². The maximum absolute atomic E-state index is 12.6. The number of benzene rings is 1. The Morgan fingerprint density at radius 1 is 1.04 bits per heavy atom. The summed E-state index contributed by atoms with van der Waals surface area (Å²) in [4.78, 5) is 37.0. The average molecular weight is 331 g/mol. The zero-order valence-corrected chi connectivity index (χ0v) is 13.6. The van der Waals surface area contributed by atoms with Crippen molar-refractivity contribution >= 4 is 17.8 Å². The van der Waals surface area contributed by atoms with Crippen molar-refractivity contribution in [1.82, 2.24) is 4.90 Å². The third-order valence-corrected chi connectivity index (χ3v) is 5.44. The van der Waals surface area contributed by atoms with E-state index < -0.39 is 22.8 Å². The first-order valence-electron chi connectivity index (χ1n) is 8.21. The summed E-state index contributed by atoms with van der Waals surface area (Å²) in [6.45, 7) is 2.04. The molecule has 1 aromatic rings. The monoisotopic (exact) mass is 331 g/mol. The summed E-state index contributed by atoms with van der Waals surface area (Å²) in [5, 5.41) is 18.8. The number of hydrogen-bond donors (Lipinski definition) is 2. The highest BCUT2D eigenvalue weighted by molar-refractivity contribution is 5.99. The Morgan fingerprint density at radius 3 is 2.04 bits per heavy atom. The van der Waals surface area contributed by atoms with Crippen LogP contribution in [0.2, 0.25) is 0 Å². The highest BCUT2D eigenvalue weighted by atomic mass is 16.4. The third-order valence-electron chi connectivity index (χ3n) is 5.44. The molecule has 2 fully saturated rings. The molecule has 2 atom stereocenters. The second-order valence-corrected chi connectivity index (χ2v) is 6.91. The minimum absolute atomic E-state index is 0.0367. The average Bonchev–Trinajstić information content (AvgIpc) is 3.11. The fourth-order valence-corrected chi connectivity index (χ4v) is 3.81. The van der Waals surface area contributed by atoms with Crippen molar-refractivity contribution < 1.29 is 24.6 Å². The number of carbonyl (C=O) groups is 3. The molecule has 0 spiro atoms. The molecule has 1 amide bonds. The molecule has 24 heavy (non-hydrogen) atoms. The number of amides is 1. The number of aryl methyl sites for hydroxylation is 1. The summed E-state index contributed by atoms with van der Waals surface area (Å²) in [7, 11) is 0. The van der Waals surface area contributed by atoms with Crippen LogP contribution in [-0.4, -0.2) is 46.0 Å². The minimum atomic E-state index is -1.32. The Bertz CT molecular complexity index is 670. The van der Waals surface area contributed by atoms with Gasteiger partial charge in [0.15, 0.2) is 0 Å². The van der Waals surface area contributed by atoms with Gasteiger partial charge in [0, 0.05) is 18.7 Å². The second-order valence-electron chi connectivity index (χ2n) is 6.91. The van der Waals surface area contributed by atoms with Gasteiger partial charge in [0.25, 0.3) is 5.91 Å². The van der Waals surface area contributed by atoms with Crippen molar-refractivity contribution in [2.45, 2.75) is 32.6 Å². The predicted octanol–water partition coefficient (Wildman–Crippen LogP) is 2.03. The van der Waals surface area contributed by atoms with E-state index in [0.29, 0.717) is 5.56 Å². The standard InChI is InChI=1S/C18H21NO5/c1-2-3-4-12-5-7-13(8-6-12)14(20)19-10-17(15(21)22)9-18(17,11-19)16(23)24/h5-8H,2-4,9-11H2,1H3,(H,21,22)(H,23,24)/t17-,18+. The van der Waals surface area contributed by atoms with Gasteiger partial charge in [-0.15, -0.1) is 0 Å². The lowest BCUT2D eigenvalue weighted by Crippen LogP contribution is -2.34. The number of unbranched alkanes of at least 4 members (excludes halogenated alkanes) is 1. The molecule has 1 saturated carbocycles. The topological polar surface area (TPSA) is 94.9 Å². The molecule has 1 saturated heterocycles. The fourth-order valence-electron chi connectivity index (χ4n) is 3.81. The highest BCUT2D eigenvalue weighted by Gasteiger charge is 2.81. The molecule has 0 unspecified atom stereocenters. The van der Waals surface area contributed by atoms with Crippen LogP contribution in [0.25, 0.3) is 0 Å². The number of fused-ring (bicyclic) bond motifs is 1. The number of aliphatic carboxylic acids is 2. The molecule has 2 aliphatic rings. The Kier molecular flexibility index (Phi) is 3.86. The molecule has 0 bridgehead atoms. The van der Waals surface area contributed by atoms with Crippen molar-refractivity contribution in [2.75, 3.05) is 13.1 Å². The molecule has 128 valence electrons. The van der Waals surface area contributed by atoms with Crippen molar-refractivity contribution in [3.8, 4) is 0 Å². The molecule has 0 radical (unpaired) electrons. The van der Waals surface area contributed by atoms with Crippen molar-refractivity contribution in [3.05, 3.63) is 35.4 Å². The van der Waals surface area contributed by atoms with Crippen LogP contribution in [0.4, 0.5) is 0 Å². The van der Waals surface area contributed by atoms with Crippen LogP contribution in [0.5, 0.6) is 0 Å². The van der Waals surface area contributed by atoms with Crippen LogP contribution < -0.4 is 0 Å². The van der Waals surface area contributed by atoms with E-state index in [2.05, 4.69) is 6.92 Å². The van der Waals surface area contributed by atoms with Gasteiger partial charge in [-0.3, -0.25) is 14.4 Å². The third kappa shape index (κ3) is 2.28. The molecule has 2 N–H and O–H groups in total. The molecule has 1 heterocycles. The lowest BCUT2D eigenvalue weighted by atomic mass is 9.97. The Hall–Kier alpha value is -2.37. The Morgan fingerprint density at radius 2 is 1.58 bits per heavy atom. The number of rotatable bonds is 6. The summed E-state index contributed by atoms with van der Waals surface area (Å²) in [6, 6.07) is 7.27. The molecule has 1 aliphatic carbocycles.